The van der Waals surface area contributed by atoms with Gasteiger partial charge in [0.25, 0.3) is 0 Å². The molecule has 5 heteroatoms. The molecule has 0 saturated carbocycles. The highest BCUT2D eigenvalue weighted by atomic mass is 19.1. The number of benzene rings is 2. The molecule has 2 N–H and O–H groups in total. The summed E-state index contributed by atoms with van der Waals surface area (Å²) in [5, 5.41) is 5.30. The number of hydrogen-bond donors (Lipinski definition) is 2. The fourth-order valence-electron chi connectivity index (χ4n) is 2.56. The van der Waals surface area contributed by atoms with E-state index in [4.69, 9.17) is 0 Å². The van der Waals surface area contributed by atoms with Crippen LogP contribution < -0.4 is 10.6 Å². The maximum Gasteiger partial charge on any atom is 0.313 e. The maximum atomic E-state index is 12.8. The van der Waals surface area contributed by atoms with E-state index in [1.54, 1.807) is 12.1 Å². The minimum atomic E-state index is -0.685. The monoisotopic (exact) mass is 342 g/mol. The molecule has 0 unspecified atom stereocenters. The molecule has 25 heavy (non-hydrogen) atoms. The first kappa shape index (κ1) is 18.6. The molecule has 0 bridgehead atoms. The van der Waals surface area contributed by atoms with Crippen molar-refractivity contribution in [2.45, 2.75) is 33.1 Å². The van der Waals surface area contributed by atoms with Crippen molar-refractivity contribution in [2.75, 3.05) is 11.9 Å². The summed E-state index contributed by atoms with van der Waals surface area (Å²) in [7, 11) is 0. The second-order valence-corrected chi connectivity index (χ2v) is 6.28. The highest BCUT2D eigenvalue weighted by Crippen LogP contribution is 2.27. The van der Waals surface area contributed by atoms with Gasteiger partial charge in [-0.25, -0.2) is 4.39 Å². The Morgan fingerprint density at radius 3 is 2.36 bits per heavy atom. The first-order chi connectivity index (χ1) is 11.9. The smallest absolute Gasteiger partial charge is 0.313 e. The molecule has 0 aromatic heterocycles. The second kappa shape index (κ2) is 8.42. The van der Waals surface area contributed by atoms with Crippen molar-refractivity contribution in [1.29, 1.82) is 0 Å². The third-order valence-corrected chi connectivity index (χ3v) is 3.98. The van der Waals surface area contributed by atoms with Crippen LogP contribution >= 0.6 is 0 Å². The minimum absolute atomic E-state index is 0.233. The Hall–Kier alpha value is -2.69. The standard InChI is InChI=1S/C20H23FN2O2/c1-13(2)17-6-4-5-14(3)18(17)23-20(25)19(24)22-12-11-15-7-9-16(21)10-8-15/h4-10,13H,11-12H2,1-3H3,(H,22,24)(H,23,25). The SMILES string of the molecule is Cc1cccc(C(C)C)c1NC(=O)C(=O)NCCc1ccc(F)cc1. The van der Waals surface area contributed by atoms with Gasteiger partial charge in [0.05, 0.1) is 0 Å². The van der Waals surface area contributed by atoms with Crippen LogP contribution in [0.1, 0.15) is 36.5 Å². The molecule has 4 nitrogen and oxygen atoms in total. The quantitative estimate of drug-likeness (QED) is 0.817. The van der Waals surface area contributed by atoms with Crippen LogP contribution in [0.2, 0.25) is 0 Å². The number of halogens is 1. The predicted molar refractivity (Wildman–Crippen MR) is 97.0 cm³/mol. The third-order valence-electron chi connectivity index (χ3n) is 3.98. The number of aryl methyl sites for hydroxylation is 1. The normalized spacial score (nSPS) is 10.6. The fourth-order valence-corrected chi connectivity index (χ4v) is 2.56. The van der Waals surface area contributed by atoms with E-state index >= 15 is 0 Å². The van der Waals surface area contributed by atoms with Gasteiger partial charge in [-0.1, -0.05) is 44.2 Å². The van der Waals surface area contributed by atoms with Crippen LogP contribution in [-0.4, -0.2) is 18.4 Å². The van der Waals surface area contributed by atoms with Crippen molar-refractivity contribution in [3.05, 3.63) is 65.0 Å². The van der Waals surface area contributed by atoms with E-state index in [-0.39, 0.29) is 11.7 Å². The zero-order chi connectivity index (χ0) is 18.4. The number of nitrogens with one attached hydrogen (secondary N) is 2. The van der Waals surface area contributed by atoms with Crippen LogP contribution in [-0.2, 0) is 16.0 Å². The van der Waals surface area contributed by atoms with E-state index in [1.165, 1.54) is 12.1 Å². The van der Waals surface area contributed by atoms with Crippen LogP contribution in [0.15, 0.2) is 42.5 Å². The van der Waals surface area contributed by atoms with E-state index in [2.05, 4.69) is 10.6 Å². The lowest BCUT2D eigenvalue weighted by molar-refractivity contribution is -0.136. The van der Waals surface area contributed by atoms with Crippen molar-refractivity contribution in [2.24, 2.45) is 0 Å². The Morgan fingerprint density at radius 2 is 1.72 bits per heavy atom. The molecule has 0 aliphatic heterocycles. The highest BCUT2D eigenvalue weighted by Gasteiger charge is 2.17. The van der Waals surface area contributed by atoms with Crippen LogP contribution in [0.3, 0.4) is 0 Å². The summed E-state index contributed by atoms with van der Waals surface area (Å²) in [4.78, 5) is 24.2. The Kier molecular flexibility index (Phi) is 6.28. The van der Waals surface area contributed by atoms with Crippen LogP contribution in [0.5, 0.6) is 0 Å². The first-order valence-electron chi connectivity index (χ1n) is 8.31. The number of hydrogen-bond acceptors (Lipinski definition) is 2. The molecule has 0 aliphatic carbocycles. The molecule has 0 fully saturated rings. The molecule has 0 heterocycles. The largest absolute Gasteiger partial charge is 0.347 e. The summed E-state index contributed by atoms with van der Waals surface area (Å²) in [6.07, 6.45) is 0.529. The number of carbonyl (C=O) groups is 2. The first-order valence-corrected chi connectivity index (χ1v) is 8.31. The minimum Gasteiger partial charge on any atom is -0.347 e. The van der Waals surface area contributed by atoms with Crippen molar-refractivity contribution in [3.8, 4) is 0 Å². The molecule has 0 radical (unpaired) electrons. The van der Waals surface area contributed by atoms with E-state index < -0.39 is 11.8 Å². The Bertz CT molecular complexity index is 755. The van der Waals surface area contributed by atoms with Gasteiger partial charge < -0.3 is 10.6 Å². The van der Waals surface area contributed by atoms with Gasteiger partial charge in [-0.05, 0) is 48.1 Å². The summed E-state index contributed by atoms with van der Waals surface area (Å²) in [6, 6.07) is 11.8. The molecule has 0 aliphatic rings. The molecule has 2 aromatic carbocycles. The summed E-state index contributed by atoms with van der Waals surface area (Å²) in [5.74, 6) is -1.43. The topological polar surface area (TPSA) is 58.2 Å². The molecule has 0 saturated heterocycles. The third kappa shape index (κ3) is 5.14. The maximum absolute atomic E-state index is 12.8. The van der Waals surface area contributed by atoms with Crippen LogP contribution in [0, 0.1) is 12.7 Å². The highest BCUT2D eigenvalue weighted by molar-refractivity contribution is 6.39. The van der Waals surface area contributed by atoms with Crippen molar-refractivity contribution in [3.63, 3.8) is 0 Å². The van der Waals surface area contributed by atoms with Gasteiger partial charge in [-0.2, -0.15) is 0 Å². The molecule has 2 amide bonds. The second-order valence-electron chi connectivity index (χ2n) is 6.28. The van der Waals surface area contributed by atoms with E-state index in [0.717, 1.165) is 16.7 Å². The van der Waals surface area contributed by atoms with E-state index in [0.29, 0.717) is 18.7 Å². The lowest BCUT2D eigenvalue weighted by Crippen LogP contribution is -2.36. The zero-order valence-corrected chi connectivity index (χ0v) is 14.7. The predicted octanol–water partition coefficient (Wildman–Crippen LogP) is 3.55. The Labute approximate surface area is 147 Å². The molecular formula is C20H23FN2O2. The molecule has 2 rings (SSSR count). The van der Waals surface area contributed by atoms with Gasteiger partial charge >= 0.3 is 11.8 Å². The lowest BCUT2D eigenvalue weighted by atomic mass is 9.98. The lowest BCUT2D eigenvalue weighted by Gasteiger charge is -2.16. The van der Waals surface area contributed by atoms with Gasteiger partial charge in [0.2, 0.25) is 0 Å². The molecule has 132 valence electrons. The number of rotatable bonds is 5. The van der Waals surface area contributed by atoms with Crippen molar-refractivity contribution >= 4 is 17.5 Å². The van der Waals surface area contributed by atoms with Crippen LogP contribution in [0.25, 0.3) is 0 Å². The number of para-hydroxylation sites is 1. The fraction of sp³-hybridized carbons (Fsp3) is 0.300. The molecular weight excluding hydrogens is 319 g/mol. The molecule has 0 spiro atoms. The van der Waals surface area contributed by atoms with Gasteiger partial charge in [0, 0.05) is 12.2 Å². The number of anilines is 1. The number of amides is 2. The van der Waals surface area contributed by atoms with Crippen molar-refractivity contribution in [1.82, 2.24) is 5.32 Å². The average molecular weight is 342 g/mol. The van der Waals surface area contributed by atoms with E-state index in [1.807, 2.05) is 39.0 Å². The van der Waals surface area contributed by atoms with Gasteiger partial charge in [-0.3, -0.25) is 9.59 Å². The number of carbonyl (C=O) groups excluding carboxylic acids is 2. The van der Waals surface area contributed by atoms with Gasteiger partial charge in [0.15, 0.2) is 0 Å². The molecule has 0 atom stereocenters. The van der Waals surface area contributed by atoms with Crippen LogP contribution in [0.4, 0.5) is 10.1 Å². The summed E-state index contributed by atoms with van der Waals surface area (Å²) < 4.78 is 12.8. The van der Waals surface area contributed by atoms with Gasteiger partial charge in [0.1, 0.15) is 5.82 Å². The van der Waals surface area contributed by atoms with Gasteiger partial charge in [-0.15, -0.1) is 0 Å². The van der Waals surface area contributed by atoms with Crippen molar-refractivity contribution < 1.29 is 14.0 Å². The summed E-state index contributed by atoms with van der Waals surface area (Å²) >= 11 is 0. The Morgan fingerprint density at radius 1 is 1.04 bits per heavy atom. The Balaban J connectivity index is 1.92. The average Bonchev–Trinajstić information content (AvgIpc) is 2.58. The van der Waals surface area contributed by atoms with E-state index in [9.17, 15) is 14.0 Å². The zero-order valence-electron chi connectivity index (χ0n) is 14.7. The summed E-state index contributed by atoms with van der Waals surface area (Å²) in [5.41, 5.74) is 3.49. The molecule has 2 aromatic rings. The summed E-state index contributed by atoms with van der Waals surface area (Å²) in [6.45, 7) is 6.27.